The van der Waals surface area contributed by atoms with Gasteiger partial charge in [0.2, 0.25) is 0 Å². The SMILES string of the molecule is O=C1C(=Cc2cc3c(s2)-n2c4ccccc4c4cccc(c42)S3)C(=O)c2c[te]cc21. The number of benzene rings is 2. The number of para-hydroxylation sites is 2. The molecular weight excluding hydrogens is 526 g/mol. The van der Waals surface area contributed by atoms with Crippen LogP contribution in [0.3, 0.4) is 0 Å². The Hall–Kier alpha value is -2.36. The summed E-state index contributed by atoms with van der Waals surface area (Å²) < 4.78 is 6.30. The zero-order valence-corrected chi connectivity index (χ0v) is 19.3. The first-order chi connectivity index (χ1) is 14.7. The molecule has 4 heterocycles. The maximum absolute atomic E-state index is 12.7. The normalized spacial score (nSPS) is 14.6. The standard InChI is InChI=1S/C24H11NO2S2Te/c26-22-15(23(27)17-11-30-10-16(17)22)8-12-9-20-24(28-12)25-18-6-2-1-4-13(18)14-5-3-7-19(29-20)21(14)25/h1-11H. The zero-order chi connectivity index (χ0) is 20.0. The number of allylic oxidation sites excluding steroid dienone is 1. The number of thiophene rings is 1. The van der Waals surface area contributed by atoms with Gasteiger partial charge in [0, 0.05) is 0 Å². The summed E-state index contributed by atoms with van der Waals surface area (Å²) in [6, 6.07) is 17.0. The number of hydrogen-bond acceptors (Lipinski definition) is 4. The number of rotatable bonds is 1. The van der Waals surface area contributed by atoms with Gasteiger partial charge in [-0.2, -0.15) is 0 Å². The predicted octanol–water partition coefficient (Wildman–Crippen LogP) is 5.83. The third-order valence-corrected chi connectivity index (χ3v) is 10.1. The second-order valence-corrected chi connectivity index (χ2v) is 11.6. The fourth-order valence-electron chi connectivity index (χ4n) is 4.40. The molecule has 3 nitrogen and oxygen atoms in total. The molecular formula is C24H11NO2S2Te. The second-order valence-electron chi connectivity index (χ2n) is 7.34. The van der Waals surface area contributed by atoms with E-state index in [1.165, 1.54) is 26.7 Å². The monoisotopic (exact) mass is 539 g/mol. The number of carbonyl (C=O) groups is 2. The van der Waals surface area contributed by atoms with E-state index in [0.29, 0.717) is 16.7 Å². The number of aromatic nitrogens is 1. The molecule has 0 amide bonds. The molecule has 2 aliphatic rings. The summed E-state index contributed by atoms with van der Waals surface area (Å²) in [6.07, 6.45) is 1.79. The molecule has 0 unspecified atom stereocenters. The minimum atomic E-state index is -0.455. The van der Waals surface area contributed by atoms with E-state index in [4.69, 9.17) is 0 Å². The number of nitrogens with zero attached hydrogens (tertiary/aromatic N) is 1. The Balaban J connectivity index is 1.45. The molecule has 0 radical (unpaired) electrons. The molecule has 0 N–H and O–H groups in total. The summed E-state index contributed by atoms with van der Waals surface area (Å²) in [5, 5.41) is 3.65. The van der Waals surface area contributed by atoms with Crippen LogP contribution < -0.4 is 0 Å². The molecule has 7 rings (SSSR count). The van der Waals surface area contributed by atoms with Gasteiger partial charge in [-0.05, 0) is 0 Å². The molecule has 0 saturated heterocycles. The molecule has 0 fully saturated rings. The molecule has 1 aliphatic heterocycles. The van der Waals surface area contributed by atoms with E-state index in [2.05, 4.69) is 53.1 Å². The maximum atomic E-state index is 12.7. The molecule has 6 heteroatoms. The minimum absolute atomic E-state index is 0.107. The summed E-state index contributed by atoms with van der Waals surface area (Å²) in [5.74, 6) is -0.213. The van der Waals surface area contributed by atoms with E-state index < -0.39 is 20.4 Å². The zero-order valence-electron chi connectivity index (χ0n) is 15.3. The number of carbonyl (C=O) groups excluding carboxylic acids is 2. The molecule has 3 aromatic heterocycles. The van der Waals surface area contributed by atoms with Crippen molar-refractivity contribution in [3.05, 3.63) is 78.3 Å². The van der Waals surface area contributed by atoms with Gasteiger partial charge in [-0.25, -0.2) is 0 Å². The van der Waals surface area contributed by atoms with Gasteiger partial charge >= 0.3 is 184 Å². The Morgan fingerprint density at radius 2 is 1.63 bits per heavy atom. The number of fused-ring (bicyclic) bond motifs is 6. The first-order valence-corrected chi connectivity index (χ1v) is 13.7. The number of Topliss-reactive ketones (excluding diaryl/α,β-unsaturated/α-hetero) is 2. The van der Waals surface area contributed by atoms with Crippen molar-refractivity contribution < 1.29 is 9.59 Å². The van der Waals surface area contributed by atoms with Crippen LogP contribution in [-0.2, 0) is 0 Å². The summed E-state index contributed by atoms with van der Waals surface area (Å²) >= 11 is 2.95. The van der Waals surface area contributed by atoms with E-state index in [1.54, 1.807) is 29.2 Å². The van der Waals surface area contributed by atoms with Crippen molar-refractivity contribution in [1.29, 1.82) is 0 Å². The Morgan fingerprint density at radius 1 is 0.867 bits per heavy atom. The first kappa shape index (κ1) is 17.3. The number of ketones is 2. The van der Waals surface area contributed by atoms with Gasteiger partial charge in [0.25, 0.3) is 0 Å². The average Bonchev–Trinajstić information content (AvgIpc) is 3.51. The molecule has 30 heavy (non-hydrogen) atoms. The van der Waals surface area contributed by atoms with Gasteiger partial charge in [-0.15, -0.1) is 0 Å². The fraction of sp³-hybridized carbons (Fsp3) is 0. The summed E-state index contributed by atoms with van der Waals surface area (Å²) in [6.45, 7) is 0. The summed E-state index contributed by atoms with van der Waals surface area (Å²) in [5.41, 5.74) is 4.00. The van der Waals surface area contributed by atoms with Gasteiger partial charge in [0.05, 0.1) is 0 Å². The van der Waals surface area contributed by atoms with Gasteiger partial charge < -0.3 is 0 Å². The first-order valence-electron chi connectivity index (χ1n) is 9.42. The quantitative estimate of drug-likeness (QED) is 0.151. The van der Waals surface area contributed by atoms with E-state index in [0.717, 1.165) is 14.8 Å². The molecule has 1 aliphatic carbocycles. The molecule has 0 saturated carbocycles. The third-order valence-electron chi connectivity index (χ3n) is 5.71. The predicted molar refractivity (Wildman–Crippen MR) is 123 cm³/mol. The van der Waals surface area contributed by atoms with E-state index in [-0.39, 0.29) is 11.6 Å². The van der Waals surface area contributed by atoms with Crippen LogP contribution >= 0.6 is 23.1 Å². The topological polar surface area (TPSA) is 39.1 Å². The Labute approximate surface area is 189 Å². The van der Waals surface area contributed by atoms with Crippen LogP contribution in [0.15, 0.2) is 72.1 Å². The van der Waals surface area contributed by atoms with E-state index >= 15 is 0 Å². The molecule has 5 aromatic rings. The van der Waals surface area contributed by atoms with Crippen LogP contribution in [0.2, 0.25) is 0 Å². The second kappa shape index (κ2) is 6.09. The third kappa shape index (κ3) is 2.17. The fourth-order valence-corrected chi connectivity index (χ4v) is 9.09. The van der Waals surface area contributed by atoms with Crippen molar-refractivity contribution in [3.8, 4) is 5.00 Å². The van der Waals surface area contributed by atoms with Crippen molar-refractivity contribution in [3.63, 3.8) is 0 Å². The van der Waals surface area contributed by atoms with Gasteiger partial charge in [0.1, 0.15) is 0 Å². The van der Waals surface area contributed by atoms with Crippen molar-refractivity contribution in [1.82, 2.24) is 4.57 Å². The average molecular weight is 537 g/mol. The van der Waals surface area contributed by atoms with Gasteiger partial charge in [-0.1, -0.05) is 6.07 Å². The molecule has 0 spiro atoms. The molecule has 0 bridgehead atoms. The van der Waals surface area contributed by atoms with Crippen molar-refractivity contribution in [2.45, 2.75) is 9.79 Å². The van der Waals surface area contributed by atoms with Crippen LogP contribution in [-0.4, -0.2) is 36.6 Å². The van der Waals surface area contributed by atoms with Crippen molar-refractivity contribution in [2.75, 3.05) is 0 Å². The van der Waals surface area contributed by atoms with Crippen LogP contribution in [0.1, 0.15) is 25.6 Å². The van der Waals surface area contributed by atoms with Crippen LogP contribution in [0, 0.1) is 0 Å². The van der Waals surface area contributed by atoms with Crippen LogP contribution in [0.4, 0.5) is 0 Å². The van der Waals surface area contributed by atoms with E-state index in [1.807, 2.05) is 8.16 Å². The summed E-state index contributed by atoms with van der Waals surface area (Å²) in [4.78, 5) is 28.8. The van der Waals surface area contributed by atoms with Crippen molar-refractivity contribution >= 4 is 83.0 Å². The Bertz CT molecular complexity index is 1580. The molecule has 2 aromatic carbocycles. The van der Waals surface area contributed by atoms with Gasteiger partial charge in [-0.3, -0.25) is 0 Å². The summed E-state index contributed by atoms with van der Waals surface area (Å²) in [7, 11) is 0. The van der Waals surface area contributed by atoms with Gasteiger partial charge in [0.15, 0.2) is 0 Å². The number of hydrogen-bond donors (Lipinski definition) is 0. The Morgan fingerprint density at radius 3 is 2.47 bits per heavy atom. The van der Waals surface area contributed by atoms with Crippen LogP contribution in [0.25, 0.3) is 32.9 Å². The molecule has 0 atom stereocenters. The van der Waals surface area contributed by atoms with E-state index in [9.17, 15) is 9.59 Å². The van der Waals surface area contributed by atoms with Crippen molar-refractivity contribution in [2.24, 2.45) is 0 Å². The Kier molecular flexibility index (Phi) is 3.52. The van der Waals surface area contributed by atoms with Crippen LogP contribution in [0.5, 0.6) is 0 Å². The molecule has 142 valence electrons.